The van der Waals surface area contributed by atoms with E-state index < -0.39 is 6.10 Å². The van der Waals surface area contributed by atoms with Gasteiger partial charge in [-0.25, -0.2) is 0 Å². The van der Waals surface area contributed by atoms with Crippen molar-refractivity contribution >= 4 is 0 Å². The molecule has 2 N–H and O–H groups in total. The lowest BCUT2D eigenvalue weighted by Gasteiger charge is -2.08. The van der Waals surface area contributed by atoms with Crippen molar-refractivity contribution in [1.82, 2.24) is 0 Å². The van der Waals surface area contributed by atoms with Crippen molar-refractivity contribution in [1.29, 1.82) is 0 Å². The molecular formula is C9H16O2. The van der Waals surface area contributed by atoms with Gasteiger partial charge in [0.15, 0.2) is 0 Å². The third-order valence-electron chi connectivity index (χ3n) is 0.992. The first-order valence-electron chi connectivity index (χ1n) is 3.68. The van der Waals surface area contributed by atoms with E-state index in [2.05, 4.69) is 5.73 Å². The zero-order valence-electron chi connectivity index (χ0n) is 7.33. The number of hydrogen-bond acceptors (Lipinski definition) is 2. The Balaban J connectivity index is 4.01. The molecule has 0 aliphatic heterocycles. The second kappa shape index (κ2) is 4.35. The molecule has 0 aliphatic carbocycles. The minimum Gasteiger partial charge on any atom is -0.393 e. The van der Waals surface area contributed by atoms with Crippen LogP contribution >= 0.6 is 0 Å². The van der Waals surface area contributed by atoms with Gasteiger partial charge in [-0.3, -0.25) is 0 Å². The summed E-state index contributed by atoms with van der Waals surface area (Å²) in [6.07, 6.45) is 2.52. The Morgan fingerprint density at radius 1 is 1.45 bits per heavy atom. The summed E-state index contributed by atoms with van der Waals surface area (Å²) in [5, 5.41) is 17.3. The molecule has 0 spiro atoms. The molecule has 11 heavy (non-hydrogen) atoms. The van der Waals surface area contributed by atoms with Crippen LogP contribution in [-0.4, -0.2) is 22.9 Å². The summed E-state index contributed by atoms with van der Waals surface area (Å²) in [6.45, 7) is 5.88. The Labute approximate surface area is 67.9 Å². The number of aliphatic hydroxyl groups excluding tert-OH is 2. The average Bonchev–Trinajstić information content (AvgIpc) is 1.85. The van der Waals surface area contributed by atoms with E-state index in [4.69, 9.17) is 10.2 Å². The predicted molar refractivity (Wildman–Crippen MR) is 45.2 cm³/mol. The van der Waals surface area contributed by atoms with Gasteiger partial charge >= 0.3 is 0 Å². The van der Waals surface area contributed by atoms with E-state index in [1.807, 2.05) is 26.8 Å². The van der Waals surface area contributed by atoms with Crippen molar-refractivity contribution in [3.8, 4) is 0 Å². The number of rotatable bonds is 2. The maximum Gasteiger partial charge on any atom is 0.102 e. The van der Waals surface area contributed by atoms with Crippen LogP contribution in [0.25, 0.3) is 0 Å². The van der Waals surface area contributed by atoms with Gasteiger partial charge in [0, 0.05) is 0 Å². The van der Waals surface area contributed by atoms with Crippen molar-refractivity contribution < 1.29 is 10.2 Å². The molecule has 0 unspecified atom stereocenters. The quantitative estimate of drug-likeness (QED) is 0.588. The van der Waals surface area contributed by atoms with E-state index in [-0.39, 0.29) is 12.0 Å². The second-order valence-electron chi connectivity index (χ2n) is 3.59. The molecule has 0 aromatic carbocycles. The lowest BCUT2D eigenvalue weighted by Crippen LogP contribution is -2.06. The van der Waals surface area contributed by atoms with Gasteiger partial charge in [0.2, 0.25) is 0 Å². The third-order valence-corrected chi connectivity index (χ3v) is 0.992. The van der Waals surface area contributed by atoms with Gasteiger partial charge in [0.25, 0.3) is 0 Å². The van der Waals surface area contributed by atoms with Crippen molar-refractivity contribution in [3.63, 3.8) is 0 Å². The fraction of sp³-hybridized carbons (Fsp3) is 0.667. The first-order valence-corrected chi connectivity index (χ1v) is 3.68. The Morgan fingerprint density at radius 2 is 2.00 bits per heavy atom. The lowest BCUT2D eigenvalue weighted by molar-refractivity contribution is 0.131. The van der Waals surface area contributed by atoms with Crippen molar-refractivity contribution in [2.24, 2.45) is 5.41 Å². The second-order valence-corrected chi connectivity index (χ2v) is 3.59. The molecule has 0 aliphatic rings. The summed E-state index contributed by atoms with van der Waals surface area (Å²) in [4.78, 5) is 0. The average molecular weight is 156 g/mol. The van der Waals surface area contributed by atoms with Gasteiger partial charge in [-0.2, -0.15) is 0 Å². The van der Waals surface area contributed by atoms with E-state index in [1.54, 1.807) is 0 Å². The van der Waals surface area contributed by atoms with Crippen molar-refractivity contribution in [2.45, 2.75) is 26.9 Å². The highest BCUT2D eigenvalue weighted by Crippen LogP contribution is 2.13. The van der Waals surface area contributed by atoms with Crippen molar-refractivity contribution in [2.75, 3.05) is 6.61 Å². The Hall–Kier alpha value is -0.560. The van der Waals surface area contributed by atoms with Crippen LogP contribution in [0.15, 0.2) is 17.9 Å². The van der Waals surface area contributed by atoms with Gasteiger partial charge in [-0.15, -0.1) is 5.73 Å². The molecular weight excluding hydrogens is 140 g/mol. The van der Waals surface area contributed by atoms with Gasteiger partial charge in [0.1, 0.15) is 6.10 Å². The van der Waals surface area contributed by atoms with E-state index >= 15 is 0 Å². The largest absolute Gasteiger partial charge is 0.393 e. The van der Waals surface area contributed by atoms with Crippen molar-refractivity contribution in [3.05, 3.63) is 17.9 Å². The molecule has 0 fully saturated rings. The zero-order chi connectivity index (χ0) is 8.91. The Kier molecular flexibility index (Phi) is 4.12. The topological polar surface area (TPSA) is 40.5 Å². The maximum atomic E-state index is 8.87. The van der Waals surface area contributed by atoms with Gasteiger partial charge in [-0.05, 0) is 17.6 Å². The molecule has 1 atom stereocenters. The Morgan fingerprint density at radius 3 is 2.36 bits per heavy atom. The first-order chi connectivity index (χ1) is 4.95. The third kappa shape index (κ3) is 7.34. The van der Waals surface area contributed by atoms with Crippen LogP contribution in [-0.2, 0) is 0 Å². The van der Waals surface area contributed by atoms with Crippen LogP contribution in [0.3, 0.4) is 0 Å². The summed E-state index contributed by atoms with van der Waals surface area (Å²) in [7, 11) is 0. The van der Waals surface area contributed by atoms with Crippen LogP contribution < -0.4 is 0 Å². The summed E-state index contributed by atoms with van der Waals surface area (Å²) >= 11 is 0. The zero-order valence-corrected chi connectivity index (χ0v) is 7.33. The monoisotopic (exact) mass is 156 g/mol. The molecule has 0 heterocycles. The van der Waals surface area contributed by atoms with Crippen LogP contribution in [0.5, 0.6) is 0 Å². The number of hydrogen-bond donors (Lipinski definition) is 2. The maximum absolute atomic E-state index is 8.87. The molecule has 0 aromatic rings. The molecule has 0 rings (SSSR count). The molecule has 0 saturated carbocycles. The van der Waals surface area contributed by atoms with E-state index in [0.29, 0.717) is 0 Å². The molecule has 0 amide bonds. The normalized spacial score (nSPS) is 13.5. The van der Waals surface area contributed by atoms with Crippen LogP contribution in [0, 0.1) is 5.41 Å². The van der Waals surface area contributed by atoms with Crippen LogP contribution in [0.1, 0.15) is 20.8 Å². The molecule has 0 radical (unpaired) electrons. The number of aliphatic hydroxyl groups is 2. The molecule has 2 nitrogen and oxygen atoms in total. The molecule has 0 aromatic heterocycles. The molecule has 0 saturated heterocycles. The van der Waals surface area contributed by atoms with Crippen LogP contribution in [0.4, 0.5) is 0 Å². The molecule has 0 bridgehead atoms. The van der Waals surface area contributed by atoms with E-state index in [1.165, 1.54) is 6.08 Å². The molecule has 2 heteroatoms. The fourth-order valence-electron chi connectivity index (χ4n) is 0.462. The SMILES string of the molecule is CC(C)(C)C=C=C[C@H](O)CO. The summed E-state index contributed by atoms with van der Waals surface area (Å²) in [6, 6.07) is 0. The minimum atomic E-state index is -0.784. The van der Waals surface area contributed by atoms with E-state index in [9.17, 15) is 0 Å². The predicted octanol–water partition coefficient (Wildman–Crippen LogP) is 1.10. The first kappa shape index (κ1) is 10.4. The Bertz CT molecular complexity index is 159. The minimum absolute atomic E-state index is 0.0751. The summed E-state index contributed by atoms with van der Waals surface area (Å²) < 4.78 is 0. The van der Waals surface area contributed by atoms with Gasteiger partial charge in [-0.1, -0.05) is 20.8 Å². The smallest absolute Gasteiger partial charge is 0.102 e. The van der Waals surface area contributed by atoms with E-state index in [0.717, 1.165) is 0 Å². The lowest BCUT2D eigenvalue weighted by atomic mass is 9.97. The standard InChI is InChI=1S/C9H16O2/c1-9(2,3)6-4-5-8(11)7-10/h5-6,8,10-11H,7H2,1-3H3/t4?,8-/m0/s1. The fourth-order valence-corrected chi connectivity index (χ4v) is 0.462. The highest BCUT2D eigenvalue weighted by atomic mass is 16.3. The molecule has 64 valence electrons. The van der Waals surface area contributed by atoms with Gasteiger partial charge < -0.3 is 10.2 Å². The highest BCUT2D eigenvalue weighted by Gasteiger charge is 2.02. The summed E-state index contributed by atoms with van der Waals surface area (Å²) in [5.74, 6) is 0. The van der Waals surface area contributed by atoms with Crippen LogP contribution in [0.2, 0.25) is 0 Å². The van der Waals surface area contributed by atoms with Gasteiger partial charge in [0.05, 0.1) is 6.61 Å². The highest BCUT2D eigenvalue weighted by molar-refractivity contribution is 4.95. The summed E-state index contributed by atoms with van der Waals surface area (Å²) in [5.41, 5.74) is 2.89.